The first-order chi connectivity index (χ1) is 8.58. The average molecular weight is 271 g/mol. The van der Waals surface area contributed by atoms with E-state index in [1.165, 1.54) is 0 Å². The summed E-state index contributed by atoms with van der Waals surface area (Å²) in [4.78, 5) is 0. The van der Waals surface area contributed by atoms with Crippen molar-refractivity contribution in [1.82, 2.24) is 4.72 Å². The number of rotatable bonds is 10. The zero-order valence-corrected chi connectivity index (χ0v) is 11.7. The second kappa shape index (κ2) is 9.87. The number of sulfonamides is 1. The van der Waals surface area contributed by atoms with E-state index in [2.05, 4.69) is 11.6 Å². The van der Waals surface area contributed by atoms with Crippen molar-refractivity contribution in [3.63, 3.8) is 0 Å². The lowest BCUT2D eigenvalue weighted by Crippen LogP contribution is -2.34. The van der Waals surface area contributed by atoms with Crippen molar-refractivity contribution in [3.8, 4) is 12.1 Å². The van der Waals surface area contributed by atoms with Crippen LogP contribution in [-0.2, 0) is 10.0 Å². The monoisotopic (exact) mass is 271 g/mol. The van der Waals surface area contributed by atoms with Crippen molar-refractivity contribution in [3.05, 3.63) is 0 Å². The molecule has 0 saturated carbocycles. The first kappa shape index (κ1) is 16.9. The summed E-state index contributed by atoms with van der Waals surface area (Å²) in [6.07, 6.45) is 5.55. The van der Waals surface area contributed by atoms with Crippen LogP contribution in [0.3, 0.4) is 0 Å². The van der Waals surface area contributed by atoms with Gasteiger partial charge in [0.15, 0.2) is 5.25 Å². The molecule has 6 heteroatoms. The molecule has 0 aromatic heterocycles. The summed E-state index contributed by atoms with van der Waals surface area (Å²) >= 11 is 0. The van der Waals surface area contributed by atoms with E-state index in [1.54, 1.807) is 0 Å². The van der Waals surface area contributed by atoms with Gasteiger partial charge in [-0.15, -0.1) is 0 Å². The van der Waals surface area contributed by atoms with E-state index in [9.17, 15) is 8.42 Å². The smallest absolute Gasteiger partial charge is 0.213 e. The number of hydrogen-bond acceptors (Lipinski definition) is 4. The fourth-order valence-electron chi connectivity index (χ4n) is 1.57. The fourth-order valence-corrected chi connectivity index (χ4v) is 2.78. The minimum atomic E-state index is -3.60. The molecular weight excluding hydrogens is 250 g/mol. The van der Waals surface area contributed by atoms with Gasteiger partial charge in [0.25, 0.3) is 0 Å². The molecule has 0 heterocycles. The minimum Gasteiger partial charge on any atom is -0.213 e. The normalized spacial score (nSPS) is 12.6. The van der Waals surface area contributed by atoms with Crippen molar-refractivity contribution >= 4 is 10.0 Å². The van der Waals surface area contributed by atoms with Gasteiger partial charge in [-0.25, -0.2) is 13.1 Å². The molecule has 0 aliphatic rings. The van der Waals surface area contributed by atoms with Gasteiger partial charge in [0.2, 0.25) is 10.0 Å². The molecule has 0 amide bonds. The summed E-state index contributed by atoms with van der Waals surface area (Å²) in [6.45, 7) is 2.19. The molecular formula is C12H21N3O2S. The number of hydrogen-bond donors (Lipinski definition) is 1. The topological polar surface area (TPSA) is 93.8 Å². The second-order valence-electron chi connectivity index (χ2n) is 4.17. The number of nitrogens with zero attached hydrogens (tertiary/aromatic N) is 2. The van der Waals surface area contributed by atoms with Crippen molar-refractivity contribution in [2.75, 3.05) is 6.54 Å². The van der Waals surface area contributed by atoms with Crippen LogP contribution in [0, 0.1) is 22.7 Å². The predicted molar refractivity (Wildman–Crippen MR) is 69.9 cm³/mol. The van der Waals surface area contributed by atoms with E-state index in [0.29, 0.717) is 6.42 Å². The van der Waals surface area contributed by atoms with Crippen LogP contribution < -0.4 is 4.72 Å². The summed E-state index contributed by atoms with van der Waals surface area (Å²) in [7, 11) is -3.60. The minimum absolute atomic E-state index is 0.0762. The molecule has 102 valence electrons. The Labute approximate surface area is 110 Å². The summed E-state index contributed by atoms with van der Waals surface area (Å²) in [5.41, 5.74) is 0. The SMILES string of the molecule is CCCCCCCC(C#N)S(=O)(=O)NCCC#N. The van der Waals surface area contributed by atoms with Gasteiger partial charge in [-0.05, 0) is 6.42 Å². The van der Waals surface area contributed by atoms with Gasteiger partial charge in [0, 0.05) is 13.0 Å². The zero-order chi connectivity index (χ0) is 13.9. The molecule has 5 nitrogen and oxygen atoms in total. The van der Waals surface area contributed by atoms with Crippen molar-refractivity contribution in [2.24, 2.45) is 0 Å². The van der Waals surface area contributed by atoms with Crippen LogP contribution in [0.15, 0.2) is 0 Å². The van der Waals surface area contributed by atoms with Crippen molar-refractivity contribution in [1.29, 1.82) is 10.5 Å². The Morgan fingerprint density at radius 3 is 2.39 bits per heavy atom. The maximum atomic E-state index is 11.7. The molecule has 0 aromatic rings. The van der Waals surface area contributed by atoms with Crippen LogP contribution in [0.2, 0.25) is 0 Å². The molecule has 0 spiro atoms. The van der Waals surface area contributed by atoms with Gasteiger partial charge < -0.3 is 0 Å². The molecule has 0 rings (SSSR count). The lowest BCUT2D eigenvalue weighted by atomic mass is 10.1. The average Bonchev–Trinajstić information content (AvgIpc) is 2.33. The Morgan fingerprint density at radius 2 is 1.83 bits per heavy atom. The van der Waals surface area contributed by atoms with Gasteiger partial charge in [-0.1, -0.05) is 39.0 Å². The van der Waals surface area contributed by atoms with Crippen LogP contribution in [0.5, 0.6) is 0 Å². The fraction of sp³-hybridized carbons (Fsp3) is 0.833. The van der Waals surface area contributed by atoms with E-state index in [-0.39, 0.29) is 13.0 Å². The third-order valence-electron chi connectivity index (χ3n) is 2.63. The van der Waals surface area contributed by atoms with E-state index in [1.807, 2.05) is 12.1 Å². The highest BCUT2D eigenvalue weighted by Crippen LogP contribution is 2.11. The van der Waals surface area contributed by atoms with Crippen LogP contribution in [0.4, 0.5) is 0 Å². The van der Waals surface area contributed by atoms with Crippen LogP contribution >= 0.6 is 0 Å². The molecule has 0 aliphatic carbocycles. The van der Waals surface area contributed by atoms with Gasteiger partial charge in [-0.2, -0.15) is 10.5 Å². The predicted octanol–water partition coefficient (Wildman–Crippen LogP) is 2.07. The molecule has 0 saturated heterocycles. The Balaban J connectivity index is 4.08. The molecule has 1 unspecified atom stereocenters. The Morgan fingerprint density at radius 1 is 1.17 bits per heavy atom. The van der Waals surface area contributed by atoms with E-state index in [0.717, 1.165) is 32.1 Å². The number of unbranched alkanes of at least 4 members (excludes halogenated alkanes) is 4. The summed E-state index contributed by atoms with van der Waals surface area (Å²) < 4.78 is 25.7. The third kappa shape index (κ3) is 7.26. The maximum absolute atomic E-state index is 11.7. The Bertz CT molecular complexity index is 393. The molecule has 0 aliphatic heterocycles. The second-order valence-corrected chi connectivity index (χ2v) is 6.12. The maximum Gasteiger partial charge on any atom is 0.228 e. The molecule has 1 N–H and O–H groups in total. The van der Waals surface area contributed by atoms with E-state index < -0.39 is 15.3 Å². The van der Waals surface area contributed by atoms with Gasteiger partial charge >= 0.3 is 0 Å². The molecule has 1 atom stereocenters. The lowest BCUT2D eigenvalue weighted by Gasteiger charge is -2.10. The molecule has 0 aromatic carbocycles. The highest BCUT2D eigenvalue weighted by Gasteiger charge is 2.23. The Hall–Kier alpha value is -1.11. The number of nitrogens with one attached hydrogen (secondary N) is 1. The van der Waals surface area contributed by atoms with Crippen LogP contribution in [-0.4, -0.2) is 20.2 Å². The van der Waals surface area contributed by atoms with Crippen molar-refractivity contribution in [2.45, 2.75) is 57.1 Å². The molecule has 0 fully saturated rings. The standard InChI is InChI=1S/C12H21N3O2S/c1-2-3-4-5-6-8-12(11-14)18(16,17)15-10-7-9-13/h12,15H,2-8,10H2,1H3. The van der Waals surface area contributed by atoms with E-state index >= 15 is 0 Å². The molecule has 0 bridgehead atoms. The van der Waals surface area contributed by atoms with E-state index in [4.69, 9.17) is 10.5 Å². The first-order valence-corrected chi connectivity index (χ1v) is 7.88. The van der Waals surface area contributed by atoms with Gasteiger partial charge in [0.05, 0.1) is 12.1 Å². The van der Waals surface area contributed by atoms with Gasteiger partial charge in [-0.3, -0.25) is 0 Å². The quantitative estimate of drug-likeness (QED) is 0.615. The number of nitriles is 2. The molecule has 0 radical (unpaired) electrons. The first-order valence-electron chi connectivity index (χ1n) is 6.33. The Kier molecular flexibility index (Phi) is 9.26. The van der Waals surface area contributed by atoms with Crippen LogP contribution in [0.25, 0.3) is 0 Å². The van der Waals surface area contributed by atoms with Gasteiger partial charge in [0.1, 0.15) is 0 Å². The van der Waals surface area contributed by atoms with Crippen LogP contribution in [0.1, 0.15) is 51.9 Å². The summed E-state index contributed by atoms with van der Waals surface area (Å²) in [5, 5.41) is 16.2. The lowest BCUT2D eigenvalue weighted by molar-refractivity contribution is 0.559. The highest BCUT2D eigenvalue weighted by molar-refractivity contribution is 7.90. The summed E-state index contributed by atoms with van der Waals surface area (Å²) in [5.74, 6) is 0. The highest BCUT2D eigenvalue weighted by atomic mass is 32.2. The van der Waals surface area contributed by atoms with Crippen molar-refractivity contribution < 1.29 is 8.42 Å². The molecule has 18 heavy (non-hydrogen) atoms. The zero-order valence-electron chi connectivity index (χ0n) is 10.9. The largest absolute Gasteiger partial charge is 0.228 e. The summed E-state index contributed by atoms with van der Waals surface area (Å²) in [6, 6.07) is 3.68. The third-order valence-corrected chi connectivity index (χ3v) is 4.33.